The molecule has 0 bridgehead atoms. The third-order valence-electron chi connectivity index (χ3n) is 2.92. The number of pyridine rings is 1. The van der Waals surface area contributed by atoms with Gasteiger partial charge in [-0.25, -0.2) is 0 Å². The Hall–Kier alpha value is -2.56. The van der Waals surface area contributed by atoms with Gasteiger partial charge < -0.3 is 14.8 Å². The molecule has 1 aromatic carbocycles. The summed E-state index contributed by atoms with van der Waals surface area (Å²) in [6, 6.07) is 11.4. The van der Waals surface area contributed by atoms with Crippen LogP contribution in [0.5, 0.6) is 0 Å². The van der Waals surface area contributed by atoms with E-state index in [0.29, 0.717) is 17.9 Å². The molecule has 2 N–H and O–H groups in total. The van der Waals surface area contributed by atoms with Gasteiger partial charge in [0.15, 0.2) is 5.82 Å². The van der Waals surface area contributed by atoms with Crippen LogP contribution in [0.3, 0.4) is 0 Å². The molecule has 0 saturated heterocycles. The number of aromatic nitrogens is 2. The fourth-order valence-corrected chi connectivity index (χ4v) is 1.96. The number of H-pyrrole nitrogens is 1. The highest BCUT2D eigenvalue weighted by molar-refractivity contribution is 5.78. The van der Waals surface area contributed by atoms with Crippen molar-refractivity contribution < 1.29 is 4.52 Å². The molecule has 96 valence electrons. The second-order valence-corrected chi connectivity index (χ2v) is 4.39. The molecule has 0 atom stereocenters. The second-order valence-electron chi connectivity index (χ2n) is 4.39. The van der Waals surface area contributed by atoms with Crippen LogP contribution in [-0.2, 0) is 6.54 Å². The van der Waals surface area contributed by atoms with Gasteiger partial charge in [-0.05, 0) is 24.4 Å². The molecule has 2 heterocycles. The second kappa shape index (κ2) is 4.61. The topological polar surface area (TPSA) is 70.9 Å². The summed E-state index contributed by atoms with van der Waals surface area (Å²) in [4.78, 5) is 14.8. The summed E-state index contributed by atoms with van der Waals surface area (Å²) in [5.74, 6) is 1.36. The van der Waals surface area contributed by atoms with Crippen LogP contribution in [0.25, 0.3) is 10.9 Å². The maximum absolute atomic E-state index is 11.9. The SMILES string of the molecule is Cc1cc(NCc2cc3ccccc3[nH]c2=O)no1. The average molecular weight is 255 g/mol. The first kappa shape index (κ1) is 11.5. The largest absolute Gasteiger partial charge is 0.363 e. The van der Waals surface area contributed by atoms with Crippen LogP contribution in [-0.4, -0.2) is 10.1 Å². The molecule has 0 fully saturated rings. The van der Waals surface area contributed by atoms with Crippen LogP contribution in [0.4, 0.5) is 5.82 Å². The molecule has 5 nitrogen and oxygen atoms in total. The third kappa shape index (κ3) is 2.35. The Bertz CT molecular complexity index is 773. The summed E-state index contributed by atoms with van der Waals surface area (Å²) < 4.78 is 4.95. The Morgan fingerprint density at radius 3 is 2.95 bits per heavy atom. The van der Waals surface area contributed by atoms with Crippen molar-refractivity contribution in [3.05, 3.63) is 58.1 Å². The van der Waals surface area contributed by atoms with E-state index in [9.17, 15) is 4.79 Å². The zero-order valence-corrected chi connectivity index (χ0v) is 10.4. The van der Waals surface area contributed by atoms with E-state index in [0.717, 1.165) is 16.7 Å². The van der Waals surface area contributed by atoms with Crippen LogP contribution in [0.2, 0.25) is 0 Å². The van der Waals surface area contributed by atoms with Gasteiger partial charge in [0.1, 0.15) is 5.76 Å². The first-order valence-corrected chi connectivity index (χ1v) is 6.00. The molecule has 2 aromatic heterocycles. The third-order valence-corrected chi connectivity index (χ3v) is 2.92. The molecule has 0 radical (unpaired) electrons. The Labute approximate surface area is 109 Å². The Kier molecular flexibility index (Phi) is 2.79. The van der Waals surface area contributed by atoms with Crippen LogP contribution in [0.1, 0.15) is 11.3 Å². The quantitative estimate of drug-likeness (QED) is 0.754. The van der Waals surface area contributed by atoms with E-state index < -0.39 is 0 Å². The number of aromatic amines is 1. The van der Waals surface area contributed by atoms with Gasteiger partial charge in [-0.1, -0.05) is 23.4 Å². The number of benzene rings is 1. The monoisotopic (exact) mass is 255 g/mol. The summed E-state index contributed by atoms with van der Waals surface area (Å²) >= 11 is 0. The maximum atomic E-state index is 11.9. The summed E-state index contributed by atoms with van der Waals surface area (Å²) in [5.41, 5.74) is 1.42. The molecule has 5 heteroatoms. The first-order valence-electron chi connectivity index (χ1n) is 6.00. The fraction of sp³-hybridized carbons (Fsp3) is 0.143. The van der Waals surface area contributed by atoms with Crippen molar-refractivity contribution in [2.45, 2.75) is 13.5 Å². The van der Waals surface area contributed by atoms with E-state index in [1.807, 2.05) is 37.3 Å². The zero-order chi connectivity index (χ0) is 13.2. The van der Waals surface area contributed by atoms with Gasteiger partial charge >= 0.3 is 0 Å². The highest BCUT2D eigenvalue weighted by atomic mass is 16.5. The van der Waals surface area contributed by atoms with Gasteiger partial charge in [-0.2, -0.15) is 0 Å². The van der Waals surface area contributed by atoms with E-state index in [1.54, 1.807) is 6.07 Å². The number of hydrogen-bond acceptors (Lipinski definition) is 4. The van der Waals surface area contributed by atoms with Crippen molar-refractivity contribution in [1.82, 2.24) is 10.1 Å². The lowest BCUT2D eigenvalue weighted by Crippen LogP contribution is -2.15. The standard InChI is InChI=1S/C14H13N3O2/c1-9-6-13(17-19-9)15-8-11-7-10-4-2-3-5-12(10)16-14(11)18/h2-7H,8H2,1H3,(H,15,17)(H,16,18). The molecule has 3 rings (SSSR count). The Morgan fingerprint density at radius 1 is 1.32 bits per heavy atom. The molecule has 0 aliphatic carbocycles. The number of para-hydroxylation sites is 1. The predicted molar refractivity (Wildman–Crippen MR) is 73.1 cm³/mol. The van der Waals surface area contributed by atoms with E-state index in [-0.39, 0.29) is 5.56 Å². The molecule has 0 saturated carbocycles. The molecule has 0 spiro atoms. The normalized spacial score (nSPS) is 10.8. The number of anilines is 1. The summed E-state index contributed by atoms with van der Waals surface area (Å²) in [6.45, 7) is 2.23. The molecule has 0 aliphatic rings. The first-order chi connectivity index (χ1) is 9.22. The lowest BCUT2D eigenvalue weighted by atomic mass is 10.1. The molecule has 19 heavy (non-hydrogen) atoms. The van der Waals surface area contributed by atoms with Gasteiger partial charge in [-0.15, -0.1) is 0 Å². The van der Waals surface area contributed by atoms with Crippen molar-refractivity contribution in [1.29, 1.82) is 0 Å². The minimum atomic E-state index is -0.0913. The predicted octanol–water partition coefficient (Wildman–Crippen LogP) is 2.44. The van der Waals surface area contributed by atoms with E-state index in [4.69, 9.17) is 4.52 Å². The maximum Gasteiger partial charge on any atom is 0.253 e. The molecule has 3 aromatic rings. The van der Waals surface area contributed by atoms with E-state index in [2.05, 4.69) is 15.5 Å². The fourth-order valence-electron chi connectivity index (χ4n) is 1.96. The Morgan fingerprint density at radius 2 is 2.16 bits per heavy atom. The van der Waals surface area contributed by atoms with Crippen LogP contribution < -0.4 is 10.9 Å². The van der Waals surface area contributed by atoms with Gasteiger partial charge in [0.25, 0.3) is 5.56 Å². The smallest absolute Gasteiger partial charge is 0.253 e. The zero-order valence-electron chi connectivity index (χ0n) is 10.4. The number of rotatable bonds is 3. The molecule has 0 unspecified atom stereocenters. The minimum absolute atomic E-state index is 0.0913. The average Bonchev–Trinajstić information content (AvgIpc) is 2.82. The lowest BCUT2D eigenvalue weighted by Gasteiger charge is -2.04. The van der Waals surface area contributed by atoms with Gasteiger partial charge in [-0.3, -0.25) is 4.79 Å². The van der Waals surface area contributed by atoms with Crippen LogP contribution >= 0.6 is 0 Å². The Balaban J connectivity index is 1.88. The van der Waals surface area contributed by atoms with Crippen molar-refractivity contribution in [2.75, 3.05) is 5.32 Å². The summed E-state index contributed by atoms with van der Waals surface area (Å²) in [6.07, 6.45) is 0. The summed E-state index contributed by atoms with van der Waals surface area (Å²) in [5, 5.41) is 7.90. The summed E-state index contributed by atoms with van der Waals surface area (Å²) in [7, 11) is 0. The van der Waals surface area contributed by atoms with Gasteiger partial charge in [0.2, 0.25) is 0 Å². The molecule has 0 amide bonds. The van der Waals surface area contributed by atoms with Crippen molar-refractivity contribution >= 4 is 16.7 Å². The van der Waals surface area contributed by atoms with E-state index >= 15 is 0 Å². The van der Waals surface area contributed by atoms with Gasteiger partial charge in [0, 0.05) is 23.7 Å². The lowest BCUT2D eigenvalue weighted by molar-refractivity contribution is 0.399. The highest BCUT2D eigenvalue weighted by Gasteiger charge is 2.04. The number of fused-ring (bicyclic) bond motifs is 1. The van der Waals surface area contributed by atoms with Crippen molar-refractivity contribution in [3.8, 4) is 0 Å². The number of hydrogen-bond donors (Lipinski definition) is 2. The number of nitrogens with one attached hydrogen (secondary N) is 2. The minimum Gasteiger partial charge on any atom is -0.363 e. The number of nitrogens with zero attached hydrogens (tertiary/aromatic N) is 1. The number of aryl methyl sites for hydroxylation is 1. The van der Waals surface area contributed by atoms with Crippen molar-refractivity contribution in [3.63, 3.8) is 0 Å². The molecular weight excluding hydrogens is 242 g/mol. The van der Waals surface area contributed by atoms with Crippen LogP contribution in [0.15, 0.2) is 45.7 Å². The molecular formula is C14H13N3O2. The van der Waals surface area contributed by atoms with E-state index in [1.165, 1.54) is 0 Å². The van der Waals surface area contributed by atoms with Gasteiger partial charge in [0.05, 0.1) is 0 Å². The van der Waals surface area contributed by atoms with Crippen molar-refractivity contribution in [2.24, 2.45) is 0 Å². The highest BCUT2D eigenvalue weighted by Crippen LogP contribution is 2.12. The molecule has 0 aliphatic heterocycles. The van der Waals surface area contributed by atoms with Crippen LogP contribution in [0, 0.1) is 6.92 Å².